The lowest BCUT2D eigenvalue weighted by Crippen LogP contribution is -2.32. The van der Waals surface area contributed by atoms with Crippen LogP contribution in [0.5, 0.6) is 17.2 Å². The number of hydrogen-bond acceptors (Lipinski definition) is 7. The van der Waals surface area contributed by atoms with Crippen molar-refractivity contribution in [3.8, 4) is 17.2 Å². The lowest BCUT2D eigenvalue weighted by molar-refractivity contribution is -0.113. The molecule has 2 aromatic carbocycles. The first-order valence-electron chi connectivity index (χ1n) is 10.4. The average molecular weight is 456 g/mol. The average Bonchev–Trinajstić information content (AvgIpc) is 2.81. The van der Waals surface area contributed by atoms with Crippen molar-refractivity contribution in [1.29, 1.82) is 0 Å². The van der Waals surface area contributed by atoms with Crippen molar-refractivity contribution in [1.82, 2.24) is 5.32 Å². The van der Waals surface area contributed by atoms with E-state index in [-0.39, 0.29) is 5.91 Å². The van der Waals surface area contributed by atoms with Crippen molar-refractivity contribution in [3.05, 3.63) is 59.3 Å². The molecule has 1 amide bonds. The molecule has 0 aliphatic carbocycles. The topological polar surface area (TPSA) is 81.2 Å². The van der Waals surface area contributed by atoms with E-state index in [0.717, 1.165) is 34.3 Å². The maximum absolute atomic E-state index is 13.3. The Labute approximate surface area is 193 Å². The Morgan fingerprint density at radius 3 is 2.31 bits per heavy atom. The van der Waals surface area contributed by atoms with Gasteiger partial charge in [-0.25, -0.2) is 4.99 Å². The van der Waals surface area contributed by atoms with Gasteiger partial charge in [0.25, 0.3) is 5.91 Å². The van der Waals surface area contributed by atoms with Crippen LogP contribution >= 0.6 is 11.8 Å². The van der Waals surface area contributed by atoms with Crippen LogP contribution in [-0.4, -0.2) is 38.2 Å². The number of methoxy groups -OCH3 is 3. The Bertz CT molecular complexity index is 996. The van der Waals surface area contributed by atoms with E-state index in [1.54, 1.807) is 33.1 Å². The van der Waals surface area contributed by atoms with Gasteiger partial charge in [0.15, 0.2) is 16.7 Å². The molecule has 0 fully saturated rings. The maximum Gasteiger partial charge on any atom is 0.255 e. The van der Waals surface area contributed by atoms with Crippen LogP contribution in [0.3, 0.4) is 0 Å². The molecule has 1 atom stereocenters. The number of carbonyl (C=O) groups excluding carboxylic acids is 1. The number of thioether (sulfide) groups is 1. The molecule has 1 aliphatic rings. The second-order valence-electron chi connectivity index (χ2n) is 7.13. The fourth-order valence-corrected chi connectivity index (χ4v) is 4.24. The monoisotopic (exact) mass is 455 g/mol. The molecule has 32 heavy (non-hydrogen) atoms. The maximum atomic E-state index is 13.3. The molecule has 2 aromatic rings. The third-order valence-corrected chi connectivity index (χ3v) is 6.03. The number of aliphatic imine (C=N–C) groups is 1. The van der Waals surface area contributed by atoms with Gasteiger partial charge in [-0.05, 0) is 43.2 Å². The Balaban J connectivity index is 2.07. The molecule has 8 heteroatoms. The van der Waals surface area contributed by atoms with Crippen LogP contribution in [0.1, 0.15) is 31.9 Å². The number of amides is 1. The molecule has 170 valence electrons. The largest absolute Gasteiger partial charge is 0.493 e. The summed E-state index contributed by atoms with van der Waals surface area (Å²) in [5.74, 6) is 2.22. The molecule has 0 bridgehead atoms. The third kappa shape index (κ3) is 5.19. The number of para-hydroxylation sites is 1. The molecule has 0 spiro atoms. The Kier molecular flexibility index (Phi) is 8.05. The summed E-state index contributed by atoms with van der Waals surface area (Å²) < 4.78 is 16.5. The number of ether oxygens (including phenoxy) is 3. The van der Waals surface area contributed by atoms with Gasteiger partial charge in [-0.2, -0.15) is 0 Å². The van der Waals surface area contributed by atoms with E-state index in [0.29, 0.717) is 22.8 Å². The standard InChI is InChI=1S/C24H29N3O4S/c1-6-12-32-24-25-15(2)20(23(28)26-17-10-8-7-9-11-17)21(27-24)16-13-18(29-3)22(31-5)19(14-16)30-4/h7-11,13-14,21H,6,12H2,1-5H3,(H,25,27)(H,26,28)/t21-/m0/s1. The highest BCUT2D eigenvalue weighted by atomic mass is 32.2. The fraction of sp³-hybridized carbons (Fsp3) is 0.333. The van der Waals surface area contributed by atoms with Gasteiger partial charge in [-0.1, -0.05) is 36.9 Å². The number of hydrogen-bond donors (Lipinski definition) is 2. The van der Waals surface area contributed by atoms with Gasteiger partial charge in [0, 0.05) is 17.1 Å². The SMILES string of the molecule is CCCSC1=N[C@@H](c2cc(OC)c(OC)c(OC)c2)C(C(=O)Nc2ccccc2)=C(C)N1. The number of nitrogens with zero attached hydrogens (tertiary/aromatic N) is 1. The van der Waals surface area contributed by atoms with E-state index in [2.05, 4.69) is 17.6 Å². The van der Waals surface area contributed by atoms with Crippen LogP contribution < -0.4 is 24.8 Å². The van der Waals surface area contributed by atoms with E-state index < -0.39 is 6.04 Å². The van der Waals surface area contributed by atoms with Crippen LogP contribution in [0.15, 0.2) is 58.7 Å². The first-order chi connectivity index (χ1) is 15.5. The number of benzene rings is 2. The summed E-state index contributed by atoms with van der Waals surface area (Å²) >= 11 is 1.63. The molecule has 0 unspecified atom stereocenters. The highest BCUT2D eigenvalue weighted by Gasteiger charge is 2.31. The lowest BCUT2D eigenvalue weighted by Gasteiger charge is -2.27. The fourth-order valence-electron chi connectivity index (χ4n) is 3.43. The number of rotatable bonds is 8. The second kappa shape index (κ2) is 10.9. The number of carbonyl (C=O) groups is 1. The minimum absolute atomic E-state index is 0.219. The zero-order chi connectivity index (χ0) is 23.1. The molecule has 1 heterocycles. The molecular weight excluding hydrogens is 426 g/mol. The van der Waals surface area contributed by atoms with Crippen molar-refractivity contribution in [2.75, 3.05) is 32.4 Å². The van der Waals surface area contributed by atoms with Crippen molar-refractivity contribution < 1.29 is 19.0 Å². The van der Waals surface area contributed by atoms with E-state index in [1.165, 1.54) is 0 Å². The van der Waals surface area contributed by atoms with Crippen molar-refractivity contribution >= 4 is 28.5 Å². The summed E-state index contributed by atoms with van der Waals surface area (Å²) in [5.41, 5.74) is 2.78. The van der Waals surface area contributed by atoms with Crippen LogP contribution in [0.4, 0.5) is 5.69 Å². The van der Waals surface area contributed by atoms with Gasteiger partial charge >= 0.3 is 0 Å². The Hall–Kier alpha value is -3.13. The van der Waals surface area contributed by atoms with Gasteiger partial charge in [-0.15, -0.1) is 0 Å². The molecule has 7 nitrogen and oxygen atoms in total. The lowest BCUT2D eigenvalue weighted by atomic mass is 9.95. The third-order valence-electron chi connectivity index (χ3n) is 4.94. The smallest absolute Gasteiger partial charge is 0.255 e. The minimum atomic E-state index is -0.534. The van der Waals surface area contributed by atoms with E-state index in [9.17, 15) is 4.79 Å². The van der Waals surface area contributed by atoms with E-state index in [4.69, 9.17) is 19.2 Å². The summed E-state index contributed by atoms with van der Waals surface area (Å²) in [5, 5.41) is 7.05. The van der Waals surface area contributed by atoms with E-state index in [1.807, 2.05) is 49.4 Å². The second-order valence-corrected chi connectivity index (χ2v) is 8.21. The van der Waals surface area contributed by atoms with Crippen molar-refractivity contribution in [2.45, 2.75) is 26.3 Å². The van der Waals surface area contributed by atoms with Gasteiger partial charge in [0.2, 0.25) is 5.75 Å². The molecule has 1 aliphatic heterocycles. The number of anilines is 1. The molecular formula is C24H29N3O4S. The summed E-state index contributed by atoms with van der Waals surface area (Å²) in [6.45, 7) is 4.01. The summed E-state index contributed by atoms with van der Waals surface area (Å²) in [6.07, 6.45) is 1.02. The first-order valence-corrected chi connectivity index (χ1v) is 11.4. The van der Waals surface area contributed by atoms with Gasteiger partial charge in [0.05, 0.1) is 26.9 Å². The highest BCUT2D eigenvalue weighted by Crippen LogP contribution is 2.43. The first kappa shape index (κ1) is 23.5. The molecule has 0 aromatic heterocycles. The molecule has 0 radical (unpaired) electrons. The Morgan fingerprint density at radius 1 is 1.09 bits per heavy atom. The number of nitrogens with one attached hydrogen (secondary N) is 2. The summed E-state index contributed by atoms with van der Waals surface area (Å²) in [7, 11) is 4.70. The van der Waals surface area contributed by atoms with Crippen molar-refractivity contribution in [2.24, 2.45) is 4.99 Å². The minimum Gasteiger partial charge on any atom is -0.493 e. The molecule has 0 saturated heterocycles. The molecule has 2 N–H and O–H groups in total. The zero-order valence-electron chi connectivity index (χ0n) is 19.0. The van der Waals surface area contributed by atoms with Crippen molar-refractivity contribution in [3.63, 3.8) is 0 Å². The quantitative estimate of drug-likeness (QED) is 0.597. The summed E-state index contributed by atoms with van der Waals surface area (Å²) in [6, 6.07) is 12.5. The number of amidine groups is 1. The van der Waals surface area contributed by atoms with Gasteiger partial charge in [-0.3, -0.25) is 4.79 Å². The Morgan fingerprint density at radius 2 is 1.75 bits per heavy atom. The summed E-state index contributed by atoms with van der Waals surface area (Å²) in [4.78, 5) is 18.2. The van der Waals surface area contributed by atoms with Crippen LogP contribution in [0.25, 0.3) is 0 Å². The molecule has 0 saturated carbocycles. The van der Waals surface area contributed by atoms with Crippen LogP contribution in [0.2, 0.25) is 0 Å². The van der Waals surface area contributed by atoms with Gasteiger partial charge in [0.1, 0.15) is 6.04 Å². The normalized spacial score (nSPS) is 15.5. The molecule has 3 rings (SSSR count). The van der Waals surface area contributed by atoms with E-state index >= 15 is 0 Å². The predicted octanol–water partition coefficient (Wildman–Crippen LogP) is 4.77. The van der Waals surface area contributed by atoms with Crippen LogP contribution in [0, 0.1) is 0 Å². The predicted molar refractivity (Wildman–Crippen MR) is 130 cm³/mol. The zero-order valence-corrected chi connectivity index (χ0v) is 19.8. The number of allylic oxidation sites excluding steroid dienone is 1. The van der Waals surface area contributed by atoms with Crippen LogP contribution in [-0.2, 0) is 4.79 Å². The highest BCUT2D eigenvalue weighted by molar-refractivity contribution is 8.13. The van der Waals surface area contributed by atoms with Gasteiger partial charge < -0.3 is 24.8 Å².